The van der Waals surface area contributed by atoms with E-state index in [0.717, 1.165) is 12.1 Å². The van der Waals surface area contributed by atoms with Crippen LogP contribution in [0.15, 0.2) is 47.1 Å². The van der Waals surface area contributed by atoms with Crippen LogP contribution in [-0.2, 0) is 11.0 Å². The van der Waals surface area contributed by atoms with Crippen LogP contribution in [0.4, 0.5) is 19.0 Å². The van der Waals surface area contributed by atoms with Gasteiger partial charge < -0.3 is 15.2 Å². The van der Waals surface area contributed by atoms with Gasteiger partial charge in [-0.05, 0) is 24.3 Å². The fraction of sp³-hybridized carbons (Fsp3) is 0.176. The first-order valence-corrected chi connectivity index (χ1v) is 7.79. The molecular formula is C17H14F3N5O2. The van der Waals surface area contributed by atoms with Crippen LogP contribution in [0.5, 0.6) is 0 Å². The third-order valence-corrected chi connectivity index (χ3v) is 3.59. The van der Waals surface area contributed by atoms with Gasteiger partial charge in [-0.25, -0.2) is 4.98 Å². The zero-order valence-electron chi connectivity index (χ0n) is 14.0. The molecule has 10 heteroatoms. The van der Waals surface area contributed by atoms with Crippen molar-refractivity contribution >= 4 is 11.7 Å². The lowest BCUT2D eigenvalue weighted by atomic mass is 10.1. The molecule has 0 bridgehead atoms. The van der Waals surface area contributed by atoms with Gasteiger partial charge in [-0.3, -0.25) is 4.79 Å². The van der Waals surface area contributed by atoms with E-state index < -0.39 is 11.7 Å². The Kier molecular flexibility index (Phi) is 5.06. The Morgan fingerprint density at radius 3 is 2.67 bits per heavy atom. The molecule has 0 radical (unpaired) electrons. The first-order valence-electron chi connectivity index (χ1n) is 7.79. The number of aromatic nitrogens is 3. The molecule has 3 aromatic rings. The smallest absolute Gasteiger partial charge is 0.361 e. The second kappa shape index (κ2) is 7.44. The van der Waals surface area contributed by atoms with Gasteiger partial charge in [-0.1, -0.05) is 17.3 Å². The zero-order chi connectivity index (χ0) is 19.4. The molecule has 0 fully saturated rings. The molecule has 3 rings (SSSR count). The minimum Gasteiger partial charge on any atom is -0.361 e. The Bertz CT molecular complexity index is 938. The number of amides is 1. The van der Waals surface area contributed by atoms with Gasteiger partial charge in [0.15, 0.2) is 0 Å². The summed E-state index contributed by atoms with van der Waals surface area (Å²) in [5.41, 5.74) is -0.109. The maximum absolute atomic E-state index is 12.8. The predicted molar refractivity (Wildman–Crippen MR) is 90.5 cm³/mol. The normalized spacial score (nSPS) is 11.3. The van der Waals surface area contributed by atoms with Gasteiger partial charge in [0.25, 0.3) is 5.89 Å². The number of nitrogens with one attached hydrogen (secondary N) is 2. The highest BCUT2D eigenvalue weighted by molar-refractivity contribution is 5.80. The summed E-state index contributed by atoms with van der Waals surface area (Å²) < 4.78 is 43.6. The van der Waals surface area contributed by atoms with Crippen LogP contribution in [0.3, 0.4) is 0 Å². The fourth-order valence-corrected chi connectivity index (χ4v) is 2.18. The first kappa shape index (κ1) is 18.4. The van der Waals surface area contributed by atoms with E-state index in [1.807, 2.05) is 0 Å². The van der Waals surface area contributed by atoms with Crippen LogP contribution in [0.25, 0.3) is 22.8 Å². The summed E-state index contributed by atoms with van der Waals surface area (Å²) in [6.45, 7) is 0.0725. The van der Waals surface area contributed by atoms with Crippen LogP contribution >= 0.6 is 0 Å². The van der Waals surface area contributed by atoms with E-state index in [-0.39, 0.29) is 29.7 Å². The molecule has 0 aliphatic heterocycles. The minimum atomic E-state index is -4.45. The lowest BCUT2D eigenvalue weighted by Gasteiger charge is -2.06. The lowest BCUT2D eigenvalue weighted by Crippen LogP contribution is -2.26. The predicted octanol–water partition coefficient (Wildman–Crippen LogP) is 2.98. The highest BCUT2D eigenvalue weighted by Crippen LogP contribution is 2.32. The van der Waals surface area contributed by atoms with E-state index >= 15 is 0 Å². The van der Waals surface area contributed by atoms with Crippen LogP contribution in [0.1, 0.15) is 5.56 Å². The molecule has 7 nitrogen and oxygen atoms in total. The van der Waals surface area contributed by atoms with Crippen molar-refractivity contribution in [1.82, 2.24) is 20.4 Å². The fourth-order valence-electron chi connectivity index (χ4n) is 2.18. The molecule has 0 saturated heterocycles. The average molecular weight is 377 g/mol. The molecule has 0 aliphatic rings. The number of carbonyl (C=O) groups excluding carboxylic acids is 1. The largest absolute Gasteiger partial charge is 0.416 e. The zero-order valence-corrected chi connectivity index (χ0v) is 14.0. The van der Waals surface area contributed by atoms with Crippen molar-refractivity contribution in [3.8, 4) is 22.8 Å². The SMILES string of the molecule is CNC(=O)CNc1ccc(-c2nc(-c3cccc(C(F)(F)F)c3)no2)cn1. The molecule has 0 spiro atoms. The van der Waals surface area contributed by atoms with Crippen LogP contribution in [0, 0.1) is 0 Å². The van der Waals surface area contributed by atoms with Crippen molar-refractivity contribution in [2.24, 2.45) is 0 Å². The summed E-state index contributed by atoms with van der Waals surface area (Å²) in [4.78, 5) is 19.4. The van der Waals surface area contributed by atoms with Crippen molar-refractivity contribution in [3.63, 3.8) is 0 Å². The number of benzene rings is 1. The summed E-state index contributed by atoms with van der Waals surface area (Å²) in [6.07, 6.45) is -3.00. The molecule has 1 aromatic carbocycles. The third kappa shape index (κ3) is 4.40. The van der Waals surface area contributed by atoms with E-state index in [9.17, 15) is 18.0 Å². The molecule has 0 atom stereocenters. The second-order valence-electron chi connectivity index (χ2n) is 5.46. The van der Waals surface area contributed by atoms with Crippen molar-refractivity contribution < 1.29 is 22.5 Å². The van der Waals surface area contributed by atoms with E-state index in [0.29, 0.717) is 11.4 Å². The standard InChI is InChI=1S/C17H14F3N5O2/c1-21-14(26)9-23-13-6-5-11(8-22-13)16-24-15(25-27-16)10-3-2-4-12(7-10)17(18,19)20/h2-8H,9H2,1H3,(H,21,26)(H,22,23). The Morgan fingerprint density at radius 1 is 1.19 bits per heavy atom. The number of anilines is 1. The molecular weight excluding hydrogens is 363 g/mol. The van der Waals surface area contributed by atoms with Crippen molar-refractivity contribution in [2.45, 2.75) is 6.18 Å². The monoisotopic (exact) mass is 377 g/mol. The molecule has 0 saturated carbocycles. The van der Waals surface area contributed by atoms with Crippen LogP contribution in [-0.4, -0.2) is 34.6 Å². The van der Waals surface area contributed by atoms with E-state index in [1.165, 1.54) is 25.4 Å². The number of rotatable bonds is 5. The van der Waals surface area contributed by atoms with Crippen molar-refractivity contribution in [1.29, 1.82) is 0 Å². The number of hydrogen-bond acceptors (Lipinski definition) is 6. The van der Waals surface area contributed by atoms with Gasteiger partial charge >= 0.3 is 6.18 Å². The van der Waals surface area contributed by atoms with E-state index in [2.05, 4.69) is 25.8 Å². The lowest BCUT2D eigenvalue weighted by molar-refractivity contribution is -0.137. The van der Waals surface area contributed by atoms with Crippen molar-refractivity contribution in [3.05, 3.63) is 48.2 Å². The number of nitrogens with zero attached hydrogens (tertiary/aromatic N) is 3. The average Bonchev–Trinajstić information content (AvgIpc) is 3.16. The van der Waals surface area contributed by atoms with Crippen LogP contribution in [0.2, 0.25) is 0 Å². The molecule has 2 N–H and O–H groups in total. The number of alkyl halides is 3. The highest BCUT2D eigenvalue weighted by atomic mass is 19.4. The number of halogens is 3. The number of pyridine rings is 1. The first-order chi connectivity index (χ1) is 12.9. The minimum absolute atomic E-state index is 0.0397. The molecule has 0 aliphatic carbocycles. The summed E-state index contributed by atoms with van der Waals surface area (Å²) in [5.74, 6) is 0.439. The number of hydrogen-bond donors (Lipinski definition) is 2. The second-order valence-corrected chi connectivity index (χ2v) is 5.46. The Hall–Kier alpha value is -3.43. The quantitative estimate of drug-likeness (QED) is 0.710. The Morgan fingerprint density at radius 2 is 2.00 bits per heavy atom. The van der Waals surface area contributed by atoms with Gasteiger partial charge in [-0.2, -0.15) is 18.2 Å². The molecule has 140 valence electrons. The molecule has 1 amide bonds. The van der Waals surface area contributed by atoms with Crippen LogP contribution < -0.4 is 10.6 Å². The summed E-state index contributed by atoms with van der Waals surface area (Å²) in [6, 6.07) is 7.93. The van der Waals surface area contributed by atoms with Gasteiger partial charge in [-0.15, -0.1) is 0 Å². The number of carbonyl (C=O) groups is 1. The number of likely N-dealkylation sites (N-methyl/N-ethyl adjacent to an activating group) is 1. The summed E-state index contributed by atoms with van der Waals surface area (Å²) in [7, 11) is 1.53. The Balaban J connectivity index is 1.77. The topological polar surface area (TPSA) is 92.9 Å². The van der Waals surface area contributed by atoms with Gasteiger partial charge in [0, 0.05) is 18.8 Å². The summed E-state index contributed by atoms with van der Waals surface area (Å²) in [5, 5.41) is 9.03. The van der Waals surface area contributed by atoms with Gasteiger partial charge in [0.05, 0.1) is 17.7 Å². The van der Waals surface area contributed by atoms with E-state index in [1.54, 1.807) is 12.1 Å². The summed E-state index contributed by atoms with van der Waals surface area (Å²) >= 11 is 0. The van der Waals surface area contributed by atoms with Crippen molar-refractivity contribution in [2.75, 3.05) is 18.9 Å². The molecule has 0 unspecified atom stereocenters. The molecule has 2 aromatic heterocycles. The Labute approximate surface area is 151 Å². The molecule has 2 heterocycles. The maximum Gasteiger partial charge on any atom is 0.416 e. The molecule has 27 heavy (non-hydrogen) atoms. The third-order valence-electron chi connectivity index (χ3n) is 3.59. The van der Waals surface area contributed by atoms with Gasteiger partial charge in [0.2, 0.25) is 11.7 Å². The maximum atomic E-state index is 12.8. The van der Waals surface area contributed by atoms with E-state index in [4.69, 9.17) is 4.52 Å². The highest BCUT2D eigenvalue weighted by Gasteiger charge is 2.30. The van der Waals surface area contributed by atoms with Gasteiger partial charge in [0.1, 0.15) is 5.82 Å².